The molecule has 0 spiro atoms. The van der Waals surface area contributed by atoms with E-state index in [4.69, 9.17) is 11.5 Å². The highest BCUT2D eigenvalue weighted by Gasteiger charge is 2.18. The van der Waals surface area contributed by atoms with Gasteiger partial charge in [-0.3, -0.25) is 9.13 Å². The summed E-state index contributed by atoms with van der Waals surface area (Å²) in [6.45, 7) is 1.10. The Morgan fingerprint density at radius 3 is 1.58 bits per heavy atom. The third kappa shape index (κ3) is 2.62. The number of benzene rings is 2. The van der Waals surface area contributed by atoms with Crippen LogP contribution in [0, 0.1) is 0 Å². The molecule has 5 nitrogen and oxygen atoms in total. The number of aromatic nitrogens is 2. The Bertz CT molecular complexity index is 1000. The van der Waals surface area contributed by atoms with Gasteiger partial charge in [-0.05, 0) is 49.2 Å². The topological polar surface area (TPSA) is 79.0 Å². The minimum absolute atomic E-state index is 0.0936. The largest absolute Gasteiger partial charge is 0.337 e. The first kappa shape index (κ1) is 16.6. The van der Waals surface area contributed by atoms with Gasteiger partial charge in [-0.25, -0.2) is 4.79 Å². The quantitative estimate of drug-likeness (QED) is 0.596. The number of carbonyl (C=O) groups is 1. The molecule has 4 aromatic rings. The molecular weight excluding hydrogens is 324 g/mol. The Balaban J connectivity index is 1.89. The molecule has 4 N–H and O–H groups in total. The van der Waals surface area contributed by atoms with Crippen molar-refractivity contribution in [1.82, 2.24) is 9.13 Å². The van der Waals surface area contributed by atoms with Crippen molar-refractivity contribution in [2.45, 2.75) is 12.8 Å². The number of rotatable bonds is 4. The fraction of sp³-hybridized carbons (Fsp3) is 0.190. The molecule has 0 bridgehead atoms. The number of nitrogens with zero attached hydrogens (tertiary/aromatic N) is 2. The number of para-hydroxylation sites is 2. The molecule has 0 radical (unpaired) electrons. The van der Waals surface area contributed by atoms with E-state index in [1.54, 1.807) is 9.13 Å². The monoisotopic (exact) mass is 346 g/mol. The lowest BCUT2D eigenvalue weighted by Gasteiger charge is -2.06. The standard InChI is InChI=1S/C21H22N4O/c22-11-9-15-13-24(19-7-3-1-5-17(15)19)21(26)25-14-16(10-12-23)18-6-2-4-8-20(18)25/h1-8,13-14H,9-12,22-23H2. The van der Waals surface area contributed by atoms with E-state index >= 15 is 0 Å². The van der Waals surface area contributed by atoms with Gasteiger partial charge in [0.25, 0.3) is 0 Å². The Morgan fingerprint density at radius 1 is 0.731 bits per heavy atom. The third-order valence-corrected chi connectivity index (χ3v) is 4.83. The van der Waals surface area contributed by atoms with Crippen molar-refractivity contribution in [3.05, 3.63) is 72.1 Å². The van der Waals surface area contributed by atoms with Gasteiger partial charge >= 0.3 is 6.03 Å². The number of nitrogens with two attached hydrogens (primary N) is 2. The molecular formula is C21H22N4O. The van der Waals surface area contributed by atoms with Crippen LogP contribution in [0.1, 0.15) is 11.1 Å². The van der Waals surface area contributed by atoms with Crippen LogP contribution in [-0.4, -0.2) is 28.3 Å². The van der Waals surface area contributed by atoms with E-state index in [0.717, 1.165) is 45.8 Å². The summed E-state index contributed by atoms with van der Waals surface area (Å²) in [5, 5.41) is 2.15. The molecule has 2 heterocycles. The molecule has 0 aliphatic heterocycles. The summed E-state index contributed by atoms with van der Waals surface area (Å²) in [6.07, 6.45) is 5.31. The predicted molar refractivity (Wildman–Crippen MR) is 106 cm³/mol. The maximum Gasteiger partial charge on any atom is 0.337 e. The van der Waals surface area contributed by atoms with E-state index in [0.29, 0.717) is 13.1 Å². The molecule has 5 heteroatoms. The number of hydrogen-bond acceptors (Lipinski definition) is 3. The van der Waals surface area contributed by atoms with Gasteiger partial charge in [-0.2, -0.15) is 0 Å². The fourth-order valence-corrected chi connectivity index (χ4v) is 3.64. The number of fused-ring (bicyclic) bond motifs is 2. The lowest BCUT2D eigenvalue weighted by molar-refractivity contribution is 0.245. The van der Waals surface area contributed by atoms with Crippen molar-refractivity contribution < 1.29 is 4.79 Å². The summed E-state index contributed by atoms with van der Waals surface area (Å²) in [4.78, 5) is 13.4. The SMILES string of the molecule is NCCc1cn(C(=O)n2cc(CCN)c3ccccc32)c2ccccc12. The van der Waals surface area contributed by atoms with Crippen LogP contribution in [0.5, 0.6) is 0 Å². The average Bonchev–Trinajstić information content (AvgIpc) is 3.22. The first-order valence-electron chi connectivity index (χ1n) is 8.87. The van der Waals surface area contributed by atoms with Crippen molar-refractivity contribution in [1.29, 1.82) is 0 Å². The zero-order valence-corrected chi connectivity index (χ0v) is 14.6. The zero-order valence-electron chi connectivity index (χ0n) is 14.6. The fourth-order valence-electron chi connectivity index (χ4n) is 3.64. The second kappa shape index (κ2) is 6.78. The van der Waals surface area contributed by atoms with Crippen molar-refractivity contribution in [2.24, 2.45) is 11.5 Å². The van der Waals surface area contributed by atoms with Crippen LogP contribution in [0.25, 0.3) is 21.8 Å². The lowest BCUT2D eigenvalue weighted by atomic mass is 10.1. The van der Waals surface area contributed by atoms with Gasteiger partial charge in [0.2, 0.25) is 0 Å². The maximum absolute atomic E-state index is 13.4. The van der Waals surface area contributed by atoms with Gasteiger partial charge in [-0.15, -0.1) is 0 Å². The summed E-state index contributed by atoms with van der Waals surface area (Å²) in [7, 11) is 0. The van der Waals surface area contributed by atoms with Crippen LogP contribution in [0.2, 0.25) is 0 Å². The van der Waals surface area contributed by atoms with E-state index < -0.39 is 0 Å². The summed E-state index contributed by atoms with van der Waals surface area (Å²) >= 11 is 0. The van der Waals surface area contributed by atoms with Crippen LogP contribution < -0.4 is 11.5 Å². The van der Waals surface area contributed by atoms with E-state index in [-0.39, 0.29) is 6.03 Å². The van der Waals surface area contributed by atoms with Crippen LogP contribution in [0.15, 0.2) is 60.9 Å². The zero-order chi connectivity index (χ0) is 18.1. The van der Waals surface area contributed by atoms with Gasteiger partial charge in [0.15, 0.2) is 0 Å². The highest BCUT2D eigenvalue weighted by molar-refractivity contribution is 5.99. The van der Waals surface area contributed by atoms with E-state index in [1.807, 2.05) is 60.9 Å². The van der Waals surface area contributed by atoms with Crippen LogP contribution in [0.4, 0.5) is 4.79 Å². The third-order valence-electron chi connectivity index (χ3n) is 4.83. The Hall–Kier alpha value is -2.89. The molecule has 2 aromatic heterocycles. The predicted octanol–water partition coefficient (Wildman–Crippen LogP) is 3.11. The normalized spacial score (nSPS) is 11.5. The minimum Gasteiger partial charge on any atom is -0.330 e. The first-order valence-corrected chi connectivity index (χ1v) is 8.87. The lowest BCUT2D eigenvalue weighted by Crippen LogP contribution is -2.17. The van der Waals surface area contributed by atoms with Crippen molar-refractivity contribution in [3.8, 4) is 0 Å². The Labute approximate surface area is 151 Å². The number of hydrogen-bond donors (Lipinski definition) is 2. The van der Waals surface area contributed by atoms with Crippen molar-refractivity contribution in [2.75, 3.05) is 13.1 Å². The molecule has 26 heavy (non-hydrogen) atoms. The molecule has 0 unspecified atom stereocenters. The van der Waals surface area contributed by atoms with Crippen molar-refractivity contribution >= 4 is 27.8 Å². The van der Waals surface area contributed by atoms with Gasteiger partial charge in [0.05, 0.1) is 11.0 Å². The van der Waals surface area contributed by atoms with Gasteiger partial charge in [0, 0.05) is 23.2 Å². The highest BCUT2D eigenvalue weighted by Crippen LogP contribution is 2.25. The summed E-state index contributed by atoms with van der Waals surface area (Å²) in [6, 6.07) is 15.8. The van der Waals surface area contributed by atoms with E-state index in [9.17, 15) is 4.79 Å². The Morgan fingerprint density at radius 2 is 1.15 bits per heavy atom. The average molecular weight is 346 g/mol. The van der Waals surface area contributed by atoms with Gasteiger partial charge in [-0.1, -0.05) is 36.4 Å². The van der Waals surface area contributed by atoms with Crippen LogP contribution in [0.3, 0.4) is 0 Å². The summed E-state index contributed by atoms with van der Waals surface area (Å²) in [5.74, 6) is 0. The van der Waals surface area contributed by atoms with Gasteiger partial charge in [0.1, 0.15) is 0 Å². The van der Waals surface area contributed by atoms with Gasteiger partial charge < -0.3 is 11.5 Å². The molecule has 0 aliphatic rings. The van der Waals surface area contributed by atoms with Crippen LogP contribution in [-0.2, 0) is 12.8 Å². The highest BCUT2D eigenvalue weighted by atomic mass is 16.2. The molecule has 0 saturated carbocycles. The molecule has 0 fully saturated rings. The molecule has 0 amide bonds. The molecule has 132 valence electrons. The Kier molecular flexibility index (Phi) is 4.32. The summed E-state index contributed by atoms with van der Waals surface area (Å²) < 4.78 is 3.44. The molecule has 0 aliphatic carbocycles. The van der Waals surface area contributed by atoms with Crippen LogP contribution >= 0.6 is 0 Å². The second-order valence-electron chi connectivity index (χ2n) is 6.44. The first-order chi connectivity index (χ1) is 12.7. The molecule has 4 rings (SSSR count). The second-order valence-corrected chi connectivity index (χ2v) is 6.44. The van der Waals surface area contributed by atoms with E-state index in [1.165, 1.54) is 0 Å². The molecule has 2 aromatic carbocycles. The molecule has 0 saturated heterocycles. The smallest absolute Gasteiger partial charge is 0.330 e. The van der Waals surface area contributed by atoms with Crippen molar-refractivity contribution in [3.63, 3.8) is 0 Å². The number of carbonyl (C=O) groups excluding carboxylic acids is 1. The summed E-state index contributed by atoms with van der Waals surface area (Å²) in [5.41, 5.74) is 15.5. The molecule has 0 atom stereocenters. The minimum atomic E-state index is -0.0936. The maximum atomic E-state index is 13.4. The van der Waals surface area contributed by atoms with E-state index in [2.05, 4.69) is 0 Å².